The Balaban J connectivity index is 1.88. The van der Waals surface area contributed by atoms with E-state index in [9.17, 15) is 19.2 Å². The van der Waals surface area contributed by atoms with Gasteiger partial charge in [-0.2, -0.15) is 0 Å². The number of amides is 3. The van der Waals surface area contributed by atoms with Crippen LogP contribution in [-0.4, -0.2) is 52.8 Å². The second-order valence-corrected chi connectivity index (χ2v) is 5.71. The minimum atomic E-state index is -1.34. The average Bonchev–Trinajstić information content (AvgIpc) is 3.11. The van der Waals surface area contributed by atoms with Gasteiger partial charge in [0.25, 0.3) is 0 Å². The van der Waals surface area contributed by atoms with Crippen LogP contribution >= 0.6 is 0 Å². The molecule has 3 amide bonds. The van der Waals surface area contributed by atoms with E-state index in [1.54, 1.807) is 4.90 Å². The van der Waals surface area contributed by atoms with Crippen LogP contribution in [0.4, 0.5) is 0 Å². The Morgan fingerprint density at radius 3 is 2.57 bits per heavy atom. The minimum absolute atomic E-state index is 0.0798. The number of nitrogens with one attached hydrogen (secondary N) is 1. The maximum atomic E-state index is 12.0. The van der Waals surface area contributed by atoms with Crippen molar-refractivity contribution in [2.45, 2.75) is 31.7 Å². The number of carboxylic acids is 1. The molecule has 21 heavy (non-hydrogen) atoms. The summed E-state index contributed by atoms with van der Waals surface area (Å²) in [5.41, 5.74) is 4.95. The number of carboxylic acid groups (broad SMARTS) is 1. The van der Waals surface area contributed by atoms with Crippen LogP contribution in [0.25, 0.3) is 0 Å². The van der Waals surface area contributed by atoms with Gasteiger partial charge in [0.05, 0.1) is 12.3 Å². The number of aliphatic carboxylic acids is 1. The van der Waals surface area contributed by atoms with E-state index in [0.29, 0.717) is 19.0 Å². The van der Waals surface area contributed by atoms with Crippen molar-refractivity contribution >= 4 is 23.7 Å². The van der Waals surface area contributed by atoms with E-state index in [4.69, 9.17) is 10.8 Å². The molecule has 2 rings (SSSR count). The van der Waals surface area contributed by atoms with Crippen molar-refractivity contribution in [2.75, 3.05) is 13.1 Å². The Labute approximate surface area is 121 Å². The molecule has 8 heteroatoms. The van der Waals surface area contributed by atoms with Crippen molar-refractivity contribution in [1.82, 2.24) is 10.2 Å². The Bertz CT molecular complexity index is 474. The molecule has 0 radical (unpaired) electrons. The van der Waals surface area contributed by atoms with Crippen LogP contribution in [0.5, 0.6) is 0 Å². The van der Waals surface area contributed by atoms with Crippen molar-refractivity contribution in [3.63, 3.8) is 0 Å². The molecule has 2 fully saturated rings. The summed E-state index contributed by atoms with van der Waals surface area (Å²) in [4.78, 5) is 47.3. The van der Waals surface area contributed by atoms with Gasteiger partial charge in [-0.25, -0.2) is 4.79 Å². The van der Waals surface area contributed by atoms with Crippen molar-refractivity contribution in [2.24, 2.45) is 17.6 Å². The second kappa shape index (κ2) is 6.11. The molecule has 4 N–H and O–H groups in total. The molecule has 2 atom stereocenters. The Morgan fingerprint density at radius 2 is 2.05 bits per heavy atom. The molecule has 2 unspecified atom stereocenters. The summed E-state index contributed by atoms with van der Waals surface area (Å²) in [6.45, 7) is 0.982. The van der Waals surface area contributed by atoms with Crippen LogP contribution in [-0.2, 0) is 19.2 Å². The first kappa shape index (κ1) is 15.3. The van der Waals surface area contributed by atoms with E-state index in [0.717, 1.165) is 12.8 Å². The SMILES string of the molecule is NC(=O)CC(NC(=O)C1CC(=O)N(CC2CC2)C1)C(=O)O. The number of hydrogen-bond acceptors (Lipinski definition) is 4. The van der Waals surface area contributed by atoms with Crippen molar-refractivity contribution in [1.29, 1.82) is 0 Å². The molecule has 8 nitrogen and oxygen atoms in total. The zero-order valence-corrected chi connectivity index (χ0v) is 11.6. The van der Waals surface area contributed by atoms with Gasteiger partial charge in [0.15, 0.2) is 0 Å². The quantitative estimate of drug-likeness (QED) is 0.537. The van der Waals surface area contributed by atoms with Gasteiger partial charge in [0, 0.05) is 19.5 Å². The summed E-state index contributed by atoms with van der Waals surface area (Å²) < 4.78 is 0. The molecule has 1 saturated heterocycles. The first-order valence-electron chi connectivity index (χ1n) is 6.96. The number of rotatable bonds is 7. The van der Waals surface area contributed by atoms with Gasteiger partial charge >= 0.3 is 5.97 Å². The normalized spacial score (nSPS) is 23.0. The summed E-state index contributed by atoms with van der Waals surface area (Å²) >= 11 is 0. The summed E-state index contributed by atoms with van der Waals surface area (Å²) in [5, 5.41) is 11.2. The predicted octanol–water partition coefficient (Wildman–Crippen LogP) is -1.31. The summed E-state index contributed by atoms with van der Waals surface area (Å²) in [7, 11) is 0. The third-order valence-corrected chi connectivity index (χ3v) is 3.78. The van der Waals surface area contributed by atoms with Gasteiger partial charge in [0.2, 0.25) is 17.7 Å². The van der Waals surface area contributed by atoms with Gasteiger partial charge in [-0.3, -0.25) is 14.4 Å². The largest absolute Gasteiger partial charge is 0.480 e. The molecular formula is C13H19N3O5. The third-order valence-electron chi connectivity index (χ3n) is 3.78. The molecule has 0 bridgehead atoms. The van der Waals surface area contributed by atoms with E-state index < -0.39 is 36.2 Å². The number of carbonyl (C=O) groups excluding carboxylic acids is 3. The monoisotopic (exact) mass is 297 g/mol. The third kappa shape index (κ3) is 4.17. The zero-order valence-electron chi connectivity index (χ0n) is 11.6. The highest BCUT2D eigenvalue weighted by Crippen LogP contribution is 2.32. The van der Waals surface area contributed by atoms with Gasteiger partial charge in [0.1, 0.15) is 6.04 Å². The minimum Gasteiger partial charge on any atom is -0.480 e. The lowest BCUT2D eigenvalue weighted by atomic mass is 10.1. The molecule has 0 aromatic rings. The lowest BCUT2D eigenvalue weighted by Crippen LogP contribution is -2.46. The van der Waals surface area contributed by atoms with E-state index in [2.05, 4.69) is 5.32 Å². The van der Waals surface area contributed by atoms with Gasteiger partial charge in [-0.1, -0.05) is 0 Å². The first-order valence-corrected chi connectivity index (χ1v) is 6.96. The molecular weight excluding hydrogens is 278 g/mol. The van der Waals surface area contributed by atoms with E-state index in [1.807, 2.05) is 0 Å². The summed E-state index contributed by atoms with van der Waals surface area (Å²) in [6, 6.07) is -1.34. The van der Waals surface area contributed by atoms with Crippen LogP contribution in [0, 0.1) is 11.8 Å². The molecule has 0 aromatic heterocycles. The fourth-order valence-corrected chi connectivity index (χ4v) is 2.43. The van der Waals surface area contributed by atoms with E-state index in [-0.39, 0.29) is 12.3 Å². The maximum Gasteiger partial charge on any atom is 0.326 e. The van der Waals surface area contributed by atoms with Crippen molar-refractivity contribution in [3.05, 3.63) is 0 Å². The Morgan fingerprint density at radius 1 is 1.38 bits per heavy atom. The summed E-state index contributed by atoms with van der Waals surface area (Å²) in [6.07, 6.45) is 1.84. The second-order valence-electron chi connectivity index (χ2n) is 5.71. The highest BCUT2D eigenvalue weighted by Gasteiger charge is 2.38. The van der Waals surface area contributed by atoms with Crippen LogP contribution in [0.15, 0.2) is 0 Å². The average molecular weight is 297 g/mol. The smallest absolute Gasteiger partial charge is 0.326 e. The number of primary amides is 1. The number of likely N-dealkylation sites (tertiary alicyclic amines) is 1. The van der Waals surface area contributed by atoms with Gasteiger partial charge in [-0.15, -0.1) is 0 Å². The van der Waals surface area contributed by atoms with Crippen LogP contribution < -0.4 is 11.1 Å². The highest BCUT2D eigenvalue weighted by atomic mass is 16.4. The fourth-order valence-electron chi connectivity index (χ4n) is 2.43. The van der Waals surface area contributed by atoms with Gasteiger partial charge in [-0.05, 0) is 18.8 Å². The molecule has 1 aliphatic carbocycles. The van der Waals surface area contributed by atoms with E-state index in [1.165, 1.54) is 0 Å². The molecule has 1 aliphatic heterocycles. The molecule has 0 aromatic carbocycles. The number of hydrogen-bond donors (Lipinski definition) is 3. The summed E-state index contributed by atoms with van der Waals surface area (Å²) in [5.74, 6) is -2.75. The molecule has 1 heterocycles. The van der Waals surface area contributed by atoms with Crippen LogP contribution in [0.2, 0.25) is 0 Å². The number of nitrogens with zero attached hydrogens (tertiary/aromatic N) is 1. The van der Waals surface area contributed by atoms with Crippen molar-refractivity contribution < 1.29 is 24.3 Å². The lowest BCUT2D eigenvalue weighted by molar-refractivity contribution is -0.143. The first-order chi connectivity index (χ1) is 9.86. The van der Waals surface area contributed by atoms with E-state index >= 15 is 0 Å². The fraction of sp³-hybridized carbons (Fsp3) is 0.692. The molecule has 1 saturated carbocycles. The molecule has 0 spiro atoms. The van der Waals surface area contributed by atoms with Crippen LogP contribution in [0.1, 0.15) is 25.7 Å². The molecule has 2 aliphatic rings. The Hall–Kier alpha value is -2.12. The van der Waals surface area contributed by atoms with Crippen molar-refractivity contribution in [3.8, 4) is 0 Å². The van der Waals surface area contributed by atoms with Gasteiger partial charge < -0.3 is 21.1 Å². The highest BCUT2D eigenvalue weighted by molar-refractivity contribution is 5.92. The maximum absolute atomic E-state index is 12.0. The standard InChI is InChI=1S/C13H19N3O5/c14-10(17)4-9(13(20)21)15-12(19)8-3-11(18)16(6-8)5-7-1-2-7/h7-9H,1-6H2,(H2,14,17)(H,15,19)(H,20,21). The number of carbonyl (C=O) groups is 4. The Kier molecular flexibility index (Phi) is 4.44. The number of nitrogens with two attached hydrogens (primary N) is 1. The zero-order chi connectivity index (χ0) is 15.6. The predicted molar refractivity (Wildman–Crippen MR) is 70.8 cm³/mol. The van der Waals surface area contributed by atoms with Crippen LogP contribution in [0.3, 0.4) is 0 Å². The lowest BCUT2D eigenvalue weighted by Gasteiger charge is -2.17. The molecule has 116 valence electrons. The topological polar surface area (TPSA) is 130 Å².